The largest absolute Gasteiger partial charge is 0.443 e. The van der Waals surface area contributed by atoms with Crippen LogP contribution in [0.5, 0.6) is 0 Å². The van der Waals surface area contributed by atoms with Crippen molar-refractivity contribution in [2.75, 3.05) is 13.6 Å². The highest BCUT2D eigenvalue weighted by Crippen LogP contribution is 2.38. The van der Waals surface area contributed by atoms with Crippen molar-refractivity contribution in [1.82, 2.24) is 10.6 Å². The van der Waals surface area contributed by atoms with Crippen LogP contribution in [-0.4, -0.2) is 37.0 Å². The minimum Gasteiger partial charge on any atom is -0.443 e. The van der Waals surface area contributed by atoms with Crippen LogP contribution in [0.25, 0.3) is 0 Å². The van der Waals surface area contributed by atoms with Gasteiger partial charge in [0, 0.05) is 31.6 Å². The summed E-state index contributed by atoms with van der Waals surface area (Å²) in [6, 6.07) is 11.8. The number of hydrogen-bond acceptors (Lipinski definition) is 4. The molecule has 1 aliphatic carbocycles. The monoisotopic (exact) mass is 488 g/mol. The molecule has 3 rings (SSSR count). The van der Waals surface area contributed by atoms with Crippen LogP contribution in [0.15, 0.2) is 42.5 Å². The number of nitrogens with one attached hydrogen (secondary N) is 2. The summed E-state index contributed by atoms with van der Waals surface area (Å²) in [5.41, 5.74) is 2.45. The molecule has 35 heavy (non-hydrogen) atoms. The van der Waals surface area contributed by atoms with Gasteiger partial charge in [0.05, 0.1) is 0 Å². The zero-order valence-electron chi connectivity index (χ0n) is 21.2. The summed E-state index contributed by atoms with van der Waals surface area (Å²) >= 11 is 0. The van der Waals surface area contributed by atoms with Gasteiger partial charge < -0.3 is 20.5 Å². The second kappa shape index (κ2) is 11.5. The lowest BCUT2D eigenvalue weighted by atomic mass is 9.74. The van der Waals surface area contributed by atoms with Gasteiger partial charge in [0.25, 0.3) is 0 Å². The number of halogens is 2. The first-order valence-corrected chi connectivity index (χ1v) is 12.4. The molecule has 0 bridgehead atoms. The lowest BCUT2D eigenvalue weighted by Gasteiger charge is -2.40. The van der Waals surface area contributed by atoms with Crippen molar-refractivity contribution in [1.29, 1.82) is 0 Å². The molecule has 2 aromatic carbocycles. The summed E-state index contributed by atoms with van der Waals surface area (Å²) in [5, 5.41) is 17.1. The quantitative estimate of drug-likeness (QED) is 0.469. The first-order valence-electron chi connectivity index (χ1n) is 12.4. The molecule has 7 heteroatoms. The van der Waals surface area contributed by atoms with E-state index in [1.165, 1.54) is 36.7 Å². The summed E-state index contributed by atoms with van der Waals surface area (Å²) < 4.78 is 32.8. The Hall–Kier alpha value is -2.51. The van der Waals surface area contributed by atoms with Gasteiger partial charge in [0.1, 0.15) is 23.8 Å². The Morgan fingerprint density at radius 1 is 1.09 bits per heavy atom. The minimum atomic E-state index is -1.08. The van der Waals surface area contributed by atoms with E-state index in [2.05, 4.69) is 55.7 Å². The number of hydrogen-bond donors (Lipinski definition) is 3. The Balaban J connectivity index is 1.82. The third kappa shape index (κ3) is 7.24. The predicted octanol–water partition coefficient (Wildman–Crippen LogP) is 5.34. The van der Waals surface area contributed by atoms with Gasteiger partial charge in [-0.15, -0.1) is 0 Å². The highest BCUT2D eigenvalue weighted by Gasteiger charge is 2.36. The summed E-state index contributed by atoms with van der Waals surface area (Å²) in [6.07, 6.45) is 2.39. The van der Waals surface area contributed by atoms with Gasteiger partial charge in [-0.25, -0.2) is 13.6 Å². The number of rotatable bonds is 8. The van der Waals surface area contributed by atoms with Crippen molar-refractivity contribution in [2.24, 2.45) is 0 Å². The zero-order chi connectivity index (χ0) is 25.6. The highest BCUT2D eigenvalue weighted by molar-refractivity contribution is 5.67. The molecule has 192 valence electrons. The fraction of sp³-hybridized carbons (Fsp3) is 0.536. The number of carbonyl (C=O) groups is 1. The molecule has 1 aliphatic rings. The van der Waals surface area contributed by atoms with E-state index < -0.39 is 29.9 Å². The van der Waals surface area contributed by atoms with Crippen LogP contribution < -0.4 is 10.6 Å². The minimum absolute atomic E-state index is 0.0120. The van der Waals surface area contributed by atoms with E-state index in [9.17, 15) is 18.7 Å². The standard InChI is InChI=1S/C28H38F2N2O3/c1-27(2,3)20-9-8-10-21(16-20)28(11-6-5-7-12-28)32-18-24(33)25(35-26(34)31-4)15-19-13-22(29)17-23(30)14-19/h8-10,13-14,16-17,24-25,32-33H,5-7,11-12,15,18H2,1-4H3,(H,31,34). The van der Waals surface area contributed by atoms with E-state index in [0.717, 1.165) is 31.7 Å². The van der Waals surface area contributed by atoms with Gasteiger partial charge in [-0.05, 0) is 47.1 Å². The SMILES string of the molecule is CNC(=O)OC(Cc1cc(F)cc(F)c1)C(O)CNC1(c2cccc(C(C)(C)C)c2)CCCCC1. The van der Waals surface area contributed by atoms with Gasteiger partial charge in [-0.1, -0.05) is 64.3 Å². The van der Waals surface area contributed by atoms with Crippen molar-refractivity contribution in [3.63, 3.8) is 0 Å². The first-order chi connectivity index (χ1) is 16.5. The van der Waals surface area contributed by atoms with Crippen LogP contribution in [0.4, 0.5) is 13.6 Å². The molecule has 2 unspecified atom stereocenters. The average molecular weight is 489 g/mol. The Morgan fingerprint density at radius 2 is 1.74 bits per heavy atom. The molecular weight excluding hydrogens is 450 g/mol. The number of alkyl carbamates (subject to hydrolysis) is 1. The lowest BCUT2D eigenvalue weighted by Crippen LogP contribution is -2.50. The number of amides is 1. The molecule has 2 aromatic rings. The second-order valence-electron chi connectivity index (χ2n) is 10.6. The average Bonchev–Trinajstić information content (AvgIpc) is 2.81. The van der Waals surface area contributed by atoms with E-state index in [1.807, 2.05) is 0 Å². The third-order valence-corrected chi connectivity index (χ3v) is 6.89. The van der Waals surface area contributed by atoms with Crippen LogP contribution in [0.3, 0.4) is 0 Å². The Kier molecular flexibility index (Phi) is 8.89. The van der Waals surface area contributed by atoms with Crippen LogP contribution in [0, 0.1) is 11.6 Å². The normalized spacial score (nSPS) is 17.5. The fourth-order valence-corrected chi connectivity index (χ4v) is 4.85. The lowest BCUT2D eigenvalue weighted by molar-refractivity contribution is -0.000966. The third-order valence-electron chi connectivity index (χ3n) is 6.89. The molecule has 1 amide bonds. The molecule has 5 nitrogen and oxygen atoms in total. The number of carbonyl (C=O) groups excluding carboxylic acids is 1. The van der Waals surface area contributed by atoms with E-state index in [0.29, 0.717) is 5.56 Å². The van der Waals surface area contributed by atoms with Crippen LogP contribution >= 0.6 is 0 Å². The van der Waals surface area contributed by atoms with Crippen LogP contribution in [-0.2, 0) is 22.1 Å². The molecule has 0 saturated heterocycles. The maximum Gasteiger partial charge on any atom is 0.407 e. The molecule has 0 aromatic heterocycles. The molecule has 2 atom stereocenters. The van der Waals surface area contributed by atoms with E-state index >= 15 is 0 Å². The molecule has 0 heterocycles. The van der Waals surface area contributed by atoms with Gasteiger partial charge in [0.2, 0.25) is 0 Å². The number of aliphatic hydroxyl groups is 1. The molecule has 0 aliphatic heterocycles. The predicted molar refractivity (Wildman–Crippen MR) is 133 cm³/mol. The van der Waals surface area contributed by atoms with Gasteiger partial charge in [0.15, 0.2) is 0 Å². The topological polar surface area (TPSA) is 70.6 Å². The molecule has 1 saturated carbocycles. The van der Waals surface area contributed by atoms with E-state index in [4.69, 9.17) is 4.74 Å². The highest BCUT2D eigenvalue weighted by atomic mass is 19.1. The maximum absolute atomic E-state index is 13.7. The summed E-state index contributed by atoms with van der Waals surface area (Å²) in [6.45, 7) is 6.73. The summed E-state index contributed by atoms with van der Waals surface area (Å²) in [4.78, 5) is 12.0. The van der Waals surface area contributed by atoms with Crippen molar-refractivity contribution in [3.05, 3.63) is 70.8 Å². The van der Waals surface area contributed by atoms with E-state index in [1.54, 1.807) is 0 Å². The first kappa shape index (κ1) is 27.1. The summed E-state index contributed by atoms with van der Waals surface area (Å²) in [5.74, 6) is -1.43. The Morgan fingerprint density at radius 3 is 2.34 bits per heavy atom. The Bertz CT molecular complexity index is 980. The Labute approximate surface area is 207 Å². The molecular formula is C28H38F2N2O3. The van der Waals surface area contributed by atoms with Gasteiger partial charge >= 0.3 is 6.09 Å². The van der Waals surface area contributed by atoms with Crippen molar-refractivity contribution >= 4 is 6.09 Å². The molecule has 3 N–H and O–H groups in total. The smallest absolute Gasteiger partial charge is 0.407 e. The number of ether oxygens (including phenoxy) is 1. The van der Waals surface area contributed by atoms with Gasteiger partial charge in [-0.2, -0.15) is 0 Å². The fourth-order valence-electron chi connectivity index (χ4n) is 4.85. The summed E-state index contributed by atoms with van der Waals surface area (Å²) in [7, 11) is 1.42. The van der Waals surface area contributed by atoms with Gasteiger partial charge in [-0.3, -0.25) is 0 Å². The maximum atomic E-state index is 13.7. The molecule has 0 spiro atoms. The van der Waals surface area contributed by atoms with Crippen LogP contribution in [0.1, 0.15) is 69.6 Å². The van der Waals surface area contributed by atoms with E-state index in [-0.39, 0.29) is 23.9 Å². The zero-order valence-corrected chi connectivity index (χ0v) is 21.2. The number of aliphatic hydroxyl groups excluding tert-OH is 1. The van der Waals surface area contributed by atoms with Crippen molar-refractivity contribution in [2.45, 2.75) is 82.5 Å². The van der Waals surface area contributed by atoms with Crippen molar-refractivity contribution in [3.8, 4) is 0 Å². The van der Waals surface area contributed by atoms with Crippen molar-refractivity contribution < 1.29 is 23.4 Å². The second-order valence-corrected chi connectivity index (χ2v) is 10.6. The molecule has 1 fully saturated rings. The number of benzene rings is 2. The van der Waals surface area contributed by atoms with Crippen LogP contribution in [0.2, 0.25) is 0 Å². The molecule has 0 radical (unpaired) electrons.